The highest BCUT2D eigenvalue weighted by Gasteiger charge is 2.48. The summed E-state index contributed by atoms with van der Waals surface area (Å²) in [6, 6.07) is 0. The Morgan fingerprint density at radius 2 is 2.00 bits per heavy atom. The second kappa shape index (κ2) is 4.60. The lowest BCUT2D eigenvalue weighted by molar-refractivity contribution is -0.178. The average Bonchev–Trinajstić information content (AvgIpc) is 2.22. The Morgan fingerprint density at radius 1 is 1.36 bits per heavy atom. The molecule has 14 heavy (non-hydrogen) atoms. The monoisotopic (exact) mass is 202 g/mol. The van der Waals surface area contributed by atoms with Crippen molar-refractivity contribution in [1.29, 1.82) is 0 Å². The first-order valence-corrected chi connectivity index (χ1v) is 5.55. The third kappa shape index (κ3) is 1.81. The van der Waals surface area contributed by atoms with Gasteiger partial charge in [-0.1, -0.05) is 13.8 Å². The molecule has 0 aromatic rings. The second-order valence-corrected chi connectivity index (χ2v) is 4.33. The number of aliphatic hydroxyl groups is 2. The molecule has 0 aromatic carbocycles. The van der Waals surface area contributed by atoms with E-state index in [9.17, 15) is 10.2 Å². The van der Waals surface area contributed by atoms with Gasteiger partial charge in [0.25, 0.3) is 0 Å². The topological polar surface area (TPSA) is 49.7 Å². The normalized spacial score (nSPS) is 29.1. The molecule has 1 aliphatic rings. The van der Waals surface area contributed by atoms with Gasteiger partial charge in [-0.3, -0.25) is 0 Å². The van der Waals surface area contributed by atoms with Gasteiger partial charge in [-0.05, 0) is 25.7 Å². The highest BCUT2D eigenvalue weighted by atomic mass is 16.5. The van der Waals surface area contributed by atoms with Gasteiger partial charge in [0.15, 0.2) is 0 Å². The molecule has 0 aromatic heterocycles. The van der Waals surface area contributed by atoms with Crippen molar-refractivity contribution in [2.24, 2.45) is 5.41 Å². The molecular weight excluding hydrogens is 180 g/mol. The molecule has 0 bridgehead atoms. The number of rotatable bonds is 4. The quantitative estimate of drug-likeness (QED) is 0.723. The van der Waals surface area contributed by atoms with Crippen LogP contribution in [0.15, 0.2) is 0 Å². The van der Waals surface area contributed by atoms with Gasteiger partial charge in [0.05, 0.1) is 18.8 Å². The Balaban J connectivity index is 2.83. The molecule has 0 saturated carbocycles. The lowest BCUT2D eigenvalue weighted by atomic mass is 9.66. The van der Waals surface area contributed by atoms with Crippen LogP contribution in [0.5, 0.6) is 0 Å². The maximum absolute atomic E-state index is 10.5. The van der Waals surface area contributed by atoms with Crippen molar-refractivity contribution in [3.8, 4) is 0 Å². The molecule has 3 heteroatoms. The van der Waals surface area contributed by atoms with Crippen LogP contribution in [-0.2, 0) is 4.74 Å². The minimum absolute atomic E-state index is 0.0415. The zero-order valence-electron chi connectivity index (χ0n) is 9.25. The summed E-state index contributed by atoms with van der Waals surface area (Å²) in [6.45, 7) is 5.19. The maximum Gasteiger partial charge on any atom is 0.0958 e. The van der Waals surface area contributed by atoms with Crippen LogP contribution < -0.4 is 0 Å². The summed E-state index contributed by atoms with van der Waals surface area (Å²) in [5.41, 5.74) is -1.21. The third-order valence-corrected chi connectivity index (χ3v) is 3.86. The Bertz CT molecular complexity index is 161. The molecule has 1 saturated heterocycles. The molecule has 1 atom stereocenters. The third-order valence-electron chi connectivity index (χ3n) is 3.86. The van der Waals surface area contributed by atoms with Crippen molar-refractivity contribution in [3.05, 3.63) is 0 Å². The van der Waals surface area contributed by atoms with E-state index in [0.29, 0.717) is 6.61 Å². The molecule has 84 valence electrons. The highest BCUT2D eigenvalue weighted by molar-refractivity contribution is 4.98. The van der Waals surface area contributed by atoms with Crippen LogP contribution in [0.25, 0.3) is 0 Å². The molecule has 0 aliphatic carbocycles. The molecule has 1 rings (SSSR count). The first-order chi connectivity index (χ1) is 6.64. The van der Waals surface area contributed by atoms with Crippen LogP contribution in [-0.4, -0.2) is 35.6 Å². The van der Waals surface area contributed by atoms with Gasteiger partial charge in [0.1, 0.15) is 0 Å². The predicted octanol–water partition coefficient (Wildman–Crippen LogP) is 1.33. The fourth-order valence-electron chi connectivity index (χ4n) is 2.48. The maximum atomic E-state index is 10.5. The summed E-state index contributed by atoms with van der Waals surface area (Å²) >= 11 is 0. The summed E-state index contributed by atoms with van der Waals surface area (Å²) in [6.07, 6.45) is 3.22. The van der Waals surface area contributed by atoms with Crippen LogP contribution >= 0.6 is 0 Å². The summed E-state index contributed by atoms with van der Waals surface area (Å²) in [5.74, 6) is 0. The van der Waals surface area contributed by atoms with Crippen molar-refractivity contribution in [1.82, 2.24) is 0 Å². The summed E-state index contributed by atoms with van der Waals surface area (Å²) < 4.78 is 5.34. The molecule has 3 nitrogen and oxygen atoms in total. The van der Waals surface area contributed by atoms with Crippen molar-refractivity contribution in [3.63, 3.8) is 0 Å². The molecular formula is C11H22O3. The van der Waals surface area contributed by atoms with E-state index in [1.807, 2.05) is 13.8 Å². The molecule has 1 fully saturated rings. The molecule has 0 spiro atoms. The van der Waals surface area contributed by atoms with E-state index < -0.39 is 5.60 Å². The number of aliphatic hydroxyl groups excluding tert-OH is 1. The fraction of sp³-hybridized carbons (Fsp3) is 1.00. The van der Waals surface area contributed by atoms with E-state index in [1.165, 1.54) is 0 Å². The Hall–Kier alpha value is -0.120. The zero-order chi connectivity index (χ0) is 10.7. The van der Waals surface area contributed by atoms with Gasteiger partial charge in [-0.25, -0.2) is 0 Å². The predicted molar refractivity (Wildman–Crippen MR) is 55.1 cm³/mol. The number of hydrogen-bond acceptors (Lipinski definition) is 3. The number of hydrogen-bond donors (Lipinski definition) is 2. The molecule has 0 amide bonds. The highest BCUT2D eigenvalue weighted by Crippen LogP contribution is 2.42. The minimum atomic E-state index is -0.830. The van der Waals surface area contributed by atoms with Gasteiger partial charge < -0.3 is 14.9 Å². The van der Waals surface area contributed by atoms with E-state index in [4.69, 9.17) is 4.74 Å². The van der Waals surface area contributed by atoms with Crippen LogP contribution in [0.1, 0.15) is 39.5 Å². The minimum Gasteiger partial charge on any atom is -0.396 e. The summed E-state index contributed by atoms with van der Waals surface area (Å²) in [5, 5.41) is 20.0. The van der Waals surface area contributed by atoms with E-state index in [-0.39, 0.29) is 12.0 Å². The second-order valence-electron chi connectivity index (χ2n) is 4.33. The van der Waals surface area contributed by atoms with Crippen LogP contribution in [0.3, 0.4) is 0 Å². The molecule has 1 heterocycles. The van der Waals surface area contributed by atoms with E-state index in [0.717, 1.165) is 32.3 Å². The summed E-state index contributed by atoms with van der Waals surface area (Å²) in [7, 11) is 0. The van der Waals surface area contributed by atoms with Crippen molar-refractivity contribution < 1.29 is 14.9 Å². The smallest absolute Gasteiger partial charge is 0.0958 e. The zero-order valence-corrected chi connectivity index (χ0v) is 9.25. The lowest BCUT2D eigenvalue weighted by Gasteiger charge is -2.47. The standard InChI is InChI=1S/C11H22O3/c1-3-10(4-2,8-12)11(13)6-5-7-14-9-11/h12-13H,3-9H2,1-2H3. The van der Waals surface area contributed by atoms with E-state index >= 15 is 0 Å². The lowest BCUT2D eigenvalue weighted by Crippen LogP contribution is -2.55. The Kier molecular flexibility index (Phi) is 3.93. The SMILES string of the molecule is CCC(CC)(CO)C1(O)CCCOC1. The van der Waals surface area contributed by atoms with E-state index in [2.05, 4.69) is 0 Å². The van der Waals surface area contributed by atoms with Gasteiger partial charge in [0.2, 0.25) is 0 Å². The van der Waals surface area contributed by atoms with E-state index in [1.54, 1.807) is 0 Å². The Labute approximate surface area is 86.1 Å². The van der Waals surface area contributed by atoms with Crippen LogP contribution in [0.2, 0.25) is 0 Å². The largest absolute Gasteiger partial charge is 0.396 e. The fourth-order valence-corrected chi connectivity index (χ4v) is 2.48. The van der Waals surface area contributed by atoms with Gasteiger partial charge in [0, 0.05) is 12.0 Å². The number of ether oxygens (including phenoxy) is 1. The van der Waals surface area contributed by atoms with Crippen molar-refractivity contribution in [2.45, 2.75) is 45.1 Å². The van der Waals surface area contributed by atoms with Gasteiger partial charge >= 0.3 is 0 Å². The molecule has 2 N–H and O–H groups in total. The summed E-state index contributed by atoms with van der Waals surface area (Å²) in [4.78, 5) is 0. The molecule has 1 unspecified atom stereocenters. The first-order valence-electron chi connectivity index (χ1n) is 5.55. The van der Waals surface area contributed by atoms with Crippen molar-refractivity contribution in [2.75, 3.05) is 19.8 Å². The van der Waals surface area contributed by atoms with Gasteiger partial charge in [-0.2, -0.15) is 0 Å². The van der Waals surface area contributed by atoms with Gasteiger partial charge in [-0.15, -0.1) is 0 Å². The Morgan fingerprint density at radius 3 is 2.36 bits per heavy atom. The first kappa shape index (κ1) is 12.0. The molecule has 0 radical (unpaired) electrons. The molecule has 1 aliphatic heterocycles. The van der Waals surface area contributed by atoms with Crippen molar-refractivity contribution >= 4 is 0 Å². The van der Waals surface area contributed by atoms with Crippen LogP contribution in [0, 0.1) is 5.41 Å². The van der Waals surface area contributed by atoms with Crippen LogP contribution in [0.4, 0.5) is 0 Å². The average molecular weight is 202 g/mol.